The largest absolute Gasteiger partial charge is 0.387 e. The Balaban J connectivity index is 2.68. The Morgan fingerprint density at radius 3 is 2.50 bits per heavy atom. The second-order valence-corrected chi connectivity index (χ2v) is 5.88. The molecular formula is C16H25N3O3. The summed E-state index contributed by atoms with van der Waals surface area (Å²) in [5.41, 5.74) is 1.03. The summed E-state index contributed by atoms with van der Waals surface area (Å²) in [5.74, 6) is -0.565. The van der Waals surface area contributed by atoms with E-state index < -0.39 is 18.6 Å². The molecule has 6 nitrogen and oxygen atoms in total. The number of hydrogen-bond acceptors (Lipinski definition) is 4. The minimum atomic E-state index is -0.567. The molecule has 0 bridgehead atoms. The average Bonchev–Trinajstić information content (AvgIpc) is 2.47. The summed E-state index contributed by atoms with van der Waals surface area (Å²) in [5, 5.41) is 17.4. The van der Waals surface area contributed by atoms with Crippen LogP contribution in [-0.4, -0.2) is 35.1 Å². The van der Waals surface area contributed by atoms with E-state index in [1.807, 2.05) is 26.8 Å². The topological polar surface area (TPSA) is 90.5 Å². The maximum absolute atomic E-state index is 12.2. The van der Waals surface area contributed by atoms with E-state index in [9.17, 15) is 9.59 Å². The summed E-state index contributed by atoms with van der Waals surface area (Å²) in [6.07, 6.45) is 0.841. The molecule has 2 amide bonds. The van der Waals surface area contributed by atoms with Gasteiger partial charge in [0.2, 0.25) is 11.8 Å². The Bertz CT molecular complexity index is 529. The van der Waals surface area contributed by atoms with Crippen molar-refractivity contribution in [2.24, 2.45) is 0 Å². The Kier molecular flexibility index (Phi) is 6.37. The van der Waals surface area contributed by atoms with Gasteiger partial charge < -0.3 is 21.1 Å². The molecule has 0 aliphatic heterocycles. The number of rotatable bonds is 7. The van der Waals surface area contributed by atoms with Crippen LogP contribution in [0.5, 0.6) is 0 Å². The van der Waals surface area contributed by atoms with Crippen molar-refractivity contribution in [2.75, 3.05) is 17.2 Å². The molecule has 0 saturated heterocycles. The molecule has 0 unspecified atom stereocenters. The summed E-state index contributed by atoms with van der Waals surface area (Å²) >= 11 is 0. The molecule has 1 rings (SSSR count). The van der Waals surface area contributed by atoms with Crippen LogP contribution in [0.15, 0.2) is 24.3 Å². The number of aliphatic hydroxyl groups excluding tert-OH is 1. The zero-order chi connectivity index (χ0) is 16.8. The van der Waals surface area contributed by atoms with Crippen molar-refractivity contribution < 1.29 is 14.7 Å². The lowest BCUT2D eigenvalue weighted by atomic mass is 10.0. The van der Waals surface area contributed by atoms with Gasteiger partial charge in [0.05, 0.1) is 0 Å². The van der Waals surface area contributed by atoms with Crippen molar-refractivity contribution in [2.45, 2.75) is 45.7 Å². The monoisotopic (exact) mass is 307 g/mol. The fourth-order valence-corrected chi connectivity index (χ4v) is 1.73. The van der Waals surface area contributed by atoms with Crippen molar-refractivity contribution >= 4 is 23.2 Å². The molecule has 122 valence electrons. The Labute approximate surface area is 131 Å². The lowest BCUT2D eigenvalue weighted by Gasteiger charge is -2.27. The van der Waals surface area contributed by atoms with E-state index in [0.29, 0.717) is 11.4 Å². The van der Waals surface area contributed by atoms with Gasteiger partial charge in [-0.3, -0.25) is 9.59 Å². The molecule has 22 heavy (non-hydrogen) atoms. The highest BCUT2D eigenvalue weighted by Crippen LogP contribution is 2.16. The first-order valence-corrected chi connectivity index (χ1v) is 7.36. The predicted octanol–water partition coefficient (Wildman–Crippen LogP) is 1.72. The first kappa shape index (κ1) is 18.0. The molecule has 1 aromatic carbocycles. The molecule has 0 radical (unpaired) electrons. The van der Waals surface area contributed by atoms with Crippen molar-refractivity contribution in [3.63, 3.8) is 0 Å². The van der Waals surface area contributed by atoms with Crippen LogP contribution in [0.4, 0.5) is 11.4 Å². The van der Waals surface area contributed by atoms with Crippen molar-refractivity contribution in [3.8, 4) is 0 Å². The van der Waals surface area contributed by atoms with Gasteiger partial charge in [0, 0.05) is 16.9 Å². The van der Waals surface area contributed by atoms with Gasteiger partial charge in [0.15, 0.2) is 0 Å². The molecule has 0 saturated carbocycles. The number of amides is 2. The molecular weight excluding hydrogens is 282 g/mol. The van der Waals surface area contributed by atoms with E-state index in [-0.39, 0.29) is 11.4 Å². The van der Waals surface area contributed by atoms with Gasteiger partial charge in [-0.2, -0.15) is 0 Å². The highest BCUT2D eigenvalue weighted by atomic mass is 16.3. The molecule has 0 spiro atoms. The predicted molar refractivity (Wildman–Crippen MR) is 87.8 cm³/mol. The van der Waals surface area contributed by atoms with E-state index in [1.165, 1.54) is 0 Å². The van der Waals surface area contributed by atoms with Crippen molar-refractivity contribution in [3.05, 3.63) is 24.3 Å². The van der Waals surface area contributed by atoms with E-state index in [1.54, 1.807) is 25.1 Å². The molecule has 0 aromatic heterocycles. The van der Waals surface area contributed by atoms with Crippen LogP contribution in [0.2, 0.25) is 0 Å². The smallest absolute Gasteiger partial charge is 0.250 e. The minimum Gasteiger partial charge on any atom is -0.387 e. The Morgan fingerprint density at radius 1 is 1.27 bits per heavy atom. The van der Waals surface area contributed by atoms with Crippen LogP contribution in [0.25, 0.3) is 0 Å². The van der Waals surface area contributed by atoms with Gasteiger partial charge in [0.1, 0.15) is 12.6 Å². The van der Waals surface area contributed by atoms with Crippen molar-refractivity contribution in [1.82, 2.24) is 5.32 Å². The fraction of sp³-hybridized carbons (Fsp3) is 0.500. The molecule has 0 fully saturated rings. The van der Waals surface area contributed by atoms with Crippen LogP contribution in [-0.2, 0) is 9.59 Å². The van der Waals surface area contributed by atoms with Crippen LogP contribution in [0.1, 0.15) is 34.1 Å². The lowest BCUT2D eigenvalue weighted by Crippen LogP contribution is -2.48. The number of carbonyl (C=O) groups is 2. The standard InChI is InChI=1S/C16H25N3O3/c1-5-16(3,4)19-15(22)11(2)17-12-7-6-8-13(9-12)18-14(21)10-20/h6-9,11,17,20H,5,10H2,1-4H3,(H,18,21)(H,19,22)/t11-/m1/s1. The summed E-state index contributed by atoms with van der Waals surface area (Å²) in [6, 6.07) is 6.58. The summed E-state index contributed by atoms with van der Waals surface area (Å²) in [4.78, 5) is 23.3. The zero-order valence-electron chi connectivity index (χ0n) is 13.6. The first-order chi connectivity index (χ1) is 10.3. The van der Waals surface area contributed by atoms with E-state index in [0.717, 1.165) is 6.42 Å². The number of carbonyl (C=O) groups excluding carboxylic acids is 2. The van der Waals surface area contributed by atoms with Gasteiger partial charge in [-0.15, -0.1) is 0 Å². The van der Waals surface area contributed by atoms with Crippen LogP contribution >= 0.6 is 0 Å². The molecule has 0 aliphatic rings. The van der Waals surface area contributed by atoms with Gasteiger partial charge in [-0.1, -0.05) is 13.0 Å². The number of nitrogens with one attached hydrogen (secondary N) is 3. The minimum absolute atomic E-state index is 0.0864. The normalized spacial score (nSPS) is 12.4. The third-order valence-corrected chi connectivity index (χ3v) is 3.41. The number of hydrogen-bond donors (Lipinski definition) is 4. The molecule has 6 heteroatoms. The van der Waals surface area contributed by atoms with Crippen LogP contribution in [0.3, 0.4) is 0 Å². The Hall–Kier alpha value is -2.08. The van der Waals surface area contributed by atoms with Gasteiger partial charge in [0.25, 0.3) is 0 Å². The van der Waals surface area contributed by atoms with Gasteiger partial charge in [-0.05, 0) is 45.4 Å². The molecule has 1 atom stereocenters. The van der Waals surface area contributed by atoms with Crippen molar-refractivity contribution in [1.29, 1.82) is 0 Å². The average molecular weight is 307 g/mol. The number of aliphatic hydroxyl groups is 1. The fourth-order valence-electron chi connectivity index (χ4n) is 1.73. The maximum atomic E-state index is 12.2. The maximum Gasteiger partial charge on any atom is 0.250 e. The van der Waals surface area contributed by atoms with Crippen LogP contribution in [0, 0.1) is 0 Å². The third-order valence-electron chi connectivity index (χ3n) is 3.41. The van der Waals surface area contributed by atoms with Gasteiger partial charge in [-0.25, -0.2) is 0 Å². The summed E-state index contributed by atoms with van der Waals surface area (Å²) in [6.45, 7) is 7.18. The molecule has 1 aromatic rings. The summed E-state index contributed by atoms with van der Waals surface area (Å²) in [7, 11) is 0. The van der Waals surface area contributed by atoms with E-state index in [2.05, 4.69) is 16.0 Å². The second-order valence-electron chi connectivity index (χ2n) is 5.88. The number of anilines is 2. The first-order valence-electron chi connectivity index (χ1n) is 7.36. The SMILES string of the molecule is CCC(C)(C)NC(=O)[C@@H](C)Nc1cccc(NC(=O)CO)c1. The number of benzene rings is 1. The lowest BCUT2D eigenvalue weighted by molar-refractivity contribution is -0.123. The Morgan fingerprint density at radius 2 is 1.91 bits per heavy atom. The van der Waals surface area contributed by atoms with Gasteiger partial charge >= 0.3 is 0 Å². The van der Waals surface area contributed by atoms with E-state index in [4.69, 9.17) is 5.11 Å². The molecule has 0 aliphatic carbocycles. The van der Waals surface area contributed by atoms with Crippen LogP contribution < -0.4 is 16.0 Å². The summed E-state index contributed by atoms with van der Waals surface area (Å²) < 4.78 is 0. The quantitative estimate of drug-likeness (QED) is 0.617. The molecule has 4 N–H and O–H groups in total. The zero-order valence-corrected chi connectivity index (χ0v) is 13.6. The molecule has 0 heterocycles. The third kappa shape index (κ3) is 5.73. The highest BCUT2D eigenvalue weighted by Gasteiger charge is 2.21. The van der Waals surface area contributed by atoms with E-state index >= 15 is 0 Å². The second kappa shape index (κ2) is 7.79. The highest BCUT2D eigenvalue weighted by molar-refractivity contribution is 5.92.